The number of amides is 1. The van der Waals surface area contributed by atoms with Crippen molar-refractivity contribution in [3.05, 3.63) is 93.2 Å². The van der Waals surface area contributed by atoms with Crippen molar-refractivity contribution in [1.82, 2.24) is 4.57 Å². The molecular formula is C20H14FN3O3S. The van der Waals surface area contributed by atoms with E-state index in [1.165, 1.54) is 47.7 Å². The van der Waals surface area contributed by atoms with E-state index in [2.05, 4.69) is 5.32 Å². The number of nitro groups is 1. The highest BCUT2D eigenvalue weighted by atomic mass is 32.1. The van der Waals surface area contributed by atoms with Crippen LogP contribution in [0.1, 0.15) is 16.1 Å². The zero-order valence-corrected chi connectivity index (χ0v) is 15.3. The van der Waals surface area contributed by atoms with Crippen LogP contribution in [0.5, 0.6) is 0 Å². The number of benzene rings is 2. The number of nitrogens with zero attached hydrogens (tertiary/aromatic N) is 2. The number of nitrogens with one attached hydrogen (secondary N) is 1. The fraction of sp³-hybridized carbons (Fsp3) is 0.0500. The monoisotopic (exact) mass is 395 g/mol. The maximum atomic E-state index is 13.2. The minimum Gasteiger partial charge on any atom is -0.331 e. The SMILES string of the molecule is O=C(Nc1ccc([N+](=O)[O-])cc1)c1cc2sccc2n1Cc1ccc(F)cc1. The van der Waals surface area contributed by atoms with Crippen LogP contribution in [0.3, 0.4) is 0 Å². The molecule has 1 N–H and O–H groups in total. The number of hydrogen-bond acceptors (Lipinski definition) is 4. The van der Waals surface area contributed by atoms with Crippen LogP contribution >= 0.6 is 11.3 Å². The minimum atomic E-state index is -0.493. The Kier molecular flexibility index (Phi) is 4.62. The van der Waals surface area contributed by atoms with Crippen LogP contribution in [-0.2, 0) is 6.54 Å². The molecule has 0 saturated heterocycles. The zero-order chi connectivity index (χ0) is 19.7. The number of anilines is 1. The second-order valence-electron chi connectivity index (χ2n) is 6.17. The van der Waals surface area contributed by atoms with Gasteiger partial charge in [-0.3, -0.25) is 14.9 Å². The van der Waals surface area contributed by atoms with E-state index in [0.717, 1.165) is 15.8 Å². The van der Waals surface area contributed by atoms with Crippen molar-refractivity contribution < 1.29 is 14.1 Å². The third kappa shape index (κ3) is 3.49. The molecule has 2 aromatic carbocycles. The molecule has 0 aliphatic rings. The Morgan fingerprint density at radius 3 is 2.50 bits per heavy atom. The third-order valence-corrected chi connectivity index (χ3v) is 5.20. The van der Waals surface area contributed by atoms with Gasteiger partial charge in [0.1, 0.15) is 11.5 Å². The van der Waals surface area contributed by atoms with E-state index in [4.69, 9.17) is 0 Å². The molecule has 0 aliphatic heterocycles. The first-order valence-electron chi connectivity index (χ1n) is 8.38. The van der Waals surface area contributed by atoms with Gasteiger partial charge in [0.05, 0.1) is 15.1 Å². The summed E-state index contributed by atoms with van der Waals surface area (Å²) in [5.41, 5.74) is 2.67. The Bertz CT molecular complexity index is 1160. The first kappa shape index (κ1) is 17.9. The van der Waals surface area contributed by atoms with Crippen molar-refractivity contribution in [3.63, 3.8) is 0 Å². The number of fused-ring (bicyclic) bond motifs is 1. The van der Waals surface area contributed by atoms with Crippen molar-refractivity contribution in [3.8, 4) is 0 Å². The van der Waals surface area contributed by atoms with Gasteiger partial charge in [0, 0.05) is 24.4 Å². The molecule has 8 heteroatoms. The topological polar surface area (TPSA) is 77.2 Å². The number of non-ortho nitro benzene ring substituents is 1. The third-order valence-electron chi connectivity index (χ3n) is 4.35. The normalized spacial score (nSPS) is 10.9. The molecule has 0 aliphatic carbocycles. The molecule has 0 fully saturated rings. The molecule has 4 rings (SSSR count). The van der Waals surface area contributed by atoms with Gasteiger partial charge >= 0.3 is 0 Å². The maximum Gasteiger partial charge on any atom is 0.272 e. The summed E-state index contributed by atoms with van der Waals surface area (Å²) in [6, 6.07) is 15.6. The molecule has 0 radical (unpaired) electrons. The second kappa shape index (κ2) is 7.24. The lowest BCUT2D eigenvalue weighted by atomic mass is 10.2. The molecule has 0 bridgehead atoms. The van der Waals surface area contributed by atoms with E-state index >= 15 is 0 Å². The van der Waals surface area contributed by atoms with E-state index in [-0.39, 0.29) is 17.4 Å². The Hall–Kier alpha value is -3.52. The number of rotatable bonds is 5. The molecule has 0 unspecified atom stereocenters. The van der Waals surface area contributed by atoms with Crippen LogP contribution in [0.25, 0.3) is 10.2 Å². The van der Waals surface area contributed by atoms with Gasteiger partial charge in [0.2, 0.25) is 0 Å². The van der Waals surface area contributed by atoms with Crippen LogP contribution in [-0.4, -0.2) is 15.4 Å². The number of thiophene rings is 1. The van der Waals surface area contributed by atoms with Crippen LogP contribution in [0.2, 0.25) is 0 Å². The van der Waals surface area contributed by atoms with Gasteiger partial charge in [-0.1, -0.05) is 12.1 Å². The summed E-state index contributed by atoms with van der Waals surface area (Å²) in [7, 11) is 0. The minimum absolute atomic E-state index is 0.0433. The summed E-state index contributed by atoms with van der Waals surface area (Å²) < 4.78 is 16.0. The number of halogens is 1. The van der Waals surface area contributed by atoms with Gasteiger partial charge in [-0.05, 0) is 47.3 Å². The van der Waals surface area contributed by atoms with Crippen LogP contribution in [0.15, 0.2) is 66.0 Å². The van der Waals surface area contributed by atoms with Crippen LogP contribution in [0.4, 0.5) is 15.8 Å². The average Bonchev–Trinajstić information content (AvgIpc) is 3.26. The van der Waals surface area contributed by atoms with Gasteiger partial charge in [-0.15, -0.1) is 11.3 Å². The van der Waals surface area contributed by atoms with E-state index in [9.17, 15) is 19.3 Å². The van der Waals surface area contributed by atoms with Crippen LogP contribution < -0.4 is 5.32 Å². The number of carbonyl (C=O) groups is 1. The Morgan fingerprint density at radius 1 is 1.11 bits per heavy atom. The molecule has 0 atom stereocenters. The van der Waals surface area contributed by atoms with Gasteiger partial charge in [-0.2, -0.15) is 0 Å². The Labute approximate surface area is 163 Å². The first-order chi connectivity index (χ1) is 13.5. The summed E-state index contributed by atoms with van der Waals surface area (Å²) in [6.07, 6.45) is 0. The summed E-state index contributed by atoms with van der Waals surface area (Å²) in [6.45, 7) is 0.420. The number of nitro benzene ring substituents is 1. The standard InChI is InChI=1S/C20H14FN3O3S/c21-14-3-1-13(2-4-14)12-23-17-9-10-28-19(17)11-18(23)20(25)22-15-5-7-16(8-6-15)24(26)27/h1-11H,12H2,(H,22,25). The van der Waals surface area contributed by atoms with E-state index in [0.29, 0.717) is 17.9 Å². The predicted octanol–water partition coefficient (Wildman–Crippen LogP) is 5.05. The molecule has 2 heterocycles. The highest BCUT2D eigenvalue weighted by Crippen LogP contribution is 2.27. The van der Waals surface area contributed by atoms with Crippen molar-refractivity contribution in [2.24, 2.45) is 0 Å². The zero-order valence-electron chi connectivity index (χ0n) is 14.5. The lowest BCUT2D eigenvalue weighted by Gasteiger charge is -2.11. The first-order valence-corrected chi connectivity index (χ1v) is 9.26. The van der Waals surface area contributed by atoms with Crippen molar-refractivity contribution >= 4 is 38.8 Å². The van der Waals surface area contributed by atoms with E-state index in [1.807, 2.05) is 22.1 Å². The van der Waals surface area contributed by atoms with Gasteiger partial charge in [0.25, 0.3) is 11.6 Å². The lowest BCUT2D eigenvalue weighted by Crippen LogP contribution is -2.17. The predicted molar refractivity (Wildman–Crippen MR) is 106 cm³/mol. The summed E-state index contributed by atoms with van der Waals surface area (Å²) in [5.74, 6) is -0.632. The molecule has 28 heavy (non-hydrogen) atoms. The lowest BCUT2D eigenvalue weighted by molar-refractivity contribution is -0.384. The molecule has 140 valence electrons. The molecular weight excluding hydrogens is 381 g/mol. The van der Waals surface area contributed by atoms with Gasteiger partial charge in [0.15, 0.2) is 0 Å². The summed E-state index contributed by atoms with van der Waals surface area (Å²) in [4.78, 5) is 23.1. The van der Waals surface area contributed by atoms with Crippen molar-refractivity contribution in [2.75, 3.05) is 5.32 Å². The Balaban J connectivity index is 1.63. The maximum absolute atomic E-state index is 13.2. The molecule has 2 aromatic heterocycles. The molecule has 4 aromatic rings. The summed E-state index contributed by atoms with van der Waals surface area (Å²) in [5, 5.41) is 15.5. The smallest absolute Gasteiger partial charge is 0.272 e. The fourth-order valence-corrected chi connectivity index (χ4v) is 3.79. The fourth-order valence-electron chi connectivity index (χ4n) is 2.97. The van der Waals surface area contributed by atoms with Gasteiger partial charge in [-0.25, -0.2) is 4.39 Å². The molecule has 6 nitrogen and oxygen atoms in total. The highest BCUT2D eigenvalue weighted by molar-refractivity contribution is 7.17. The van der Waals surface area contributed by atoms with Crippen molar-refractivity contribution in [1.29, 1.82) is 0 Å². The summed E-state index contributed by atoms with van der Waals surface area (Å²) >= 11 is 1.53. The average molecular weight is 395 g/mol. The highest BCUT2D eigenvalue weighted by Gasteiger charge is 2.17. The molecule has 0 saturated carbocycles. The quantitative estimate of drug-likeness (QED) is 0.379. The molecule has 0 spiro atoms. The Morgan fingerprint density at radius 2 is 1.82 bits per heavy atom. The van der Waals surface area contributed by atoms with Crippen molar-refractivity contribution in [2.45, 2.75) is 6.54 Å². The van der Waals surface area contributed by atoms with Gasteiger partial charge < -0.3 is 9.88 Å². The van der Waals surface area contributed by atoms with Crippen LogP contribution in [0, 0.1) is 15.9 Å². The second-order valence-corrected chi connectivity index (χ2v) is 7.12. The number of hydrogen-bond donors (Lipinski definition) is 1. The number of carbonyl (C=O) groups excluding carboxylic acids is 1. The molecule has 1 amide bonds. The van der Waals surface area contributed by atoms with E-state index in [1.54, 1.807) is 12.1 Å². The largest absolute Gasteiger partial charge is 0.331 e. The van der Waals surface area contributed by atoms with E-state index < -0.39 is 4.92 Å². The number of aromatic nitrogens is 1.